The highest BCUT2D eigenvalue weighted by Crippen LogP contribution is 2.41. The van der Waals surface area contributed by atoms with E-state index in [2.05, 4.69) is 83.5 Å². The zero-order chi connectivity index (χ0) is 17.9. The number of benzene rings is 4. The minimum absolute atomic E-state index is 0.813. The monoisotopic (exact) mass is 420 g/mol. The van der Waals surface area contributed by atoms with Crippen LogP contribution in [0.3, 0.4) is 0 Å². The number of para-hydroxylation sites is 1. The fourth-order valence-electron chi connectivity index (χ4n) is 2.74. The van der Waals surface area contributed by atoms with Crippen molar-refractivity contribution in [1.29, 1.82) is 0 Å². The number of fused-ring (bicyclic) bond motifs is 1. The van der Waals surface area contributed by atoms with E-state index in [1.165, 1.54) is 21.2 Å². The Balaban J connectivity index is 1.78. The average Bonchev–Trinajstić information content (AvgIpc) is 2.66. The fourth-order valence-corrected chi connectivity index (χ4v) is 4.02. The summed E-state index contributed by atoms with van der Waals surface area (Å²) in [5.41, 5.74) is 1.26. The maximum Gasteiger partial charge on any atom is 0.142 e. The van der Waals surface area contributed by atoms with Crippen LogP contribution in [0.25, 0.3) is 10.8 Å². The molecule has 0 aliphatic heterocycles. The van der Waals surface area contributed by atoms with E-state index in [9.17, 15) is 0 Å². The van der Waals surface area contributed by atoms with Crippen molar-refractivity contribution in [2.75, 3.05) is 0 Å². The van der Waals surface area contributed by atoms with Crippen LogP contribution in [0.4, 0.5) is 0 Å². The van der Waals surface area contributed by atoms with Crippen LogP contribution in [-0.4, -0.2) is 0 Å². The normalized spacial score (nSPS) is 10.8. The molecular formula is C23H17BrOS. The molecule has 0 fully saturated rings. The first-order valence-corrected chi connectivity index (χ1v) is 10.00. The molecule has 0 bridgehead atoms. The summed E-state index contributed by atoms with van der Waals surface area (Å²) in [6.45, 7) is 2.10. The average molecular weight is 421 g/mol. The number of aryl methyl sites for hydroxylation is 1. The molecule has 4 aromatic rings. The molecule has 4 aromatic carbocycles. The Kier molecular flexibility index (Phi) is 5.00. The van der Waals surface area contributed by atoms with Gasteiger partial charge in [0.25, 0.3) is 0 Å². The third-order valence-electron chi connectivity index (χ3n) is 4.12. The van der Waals surface area contributed by atoms with E-state index in [1.807, 2.05) is 24.3 Å². The molecule has 0 aliphatic rings. The summed E-state index contributed by atoms with van der Waals surface area (Å²) < 4.78 is 7.22. The molecule has 128 valence electrons. The van der Waals surface area contributed by atoms with E-state index in [1.54, 1.807) is 11.8 Å². The quantitative estimate of drug-likeness (QED) is 0.332. The van der Waals surface area contributed by atoms with Gasteiger partial charge in [0.1, 0.15) is 11.5 Å². The summed E-state index contributed by atoms with van der Waals surface area (Å²) in [5, 5.41) is 2.38. The first-order chi connectivity index (χ1) is 12.7. The molecule has 0 aliphatic carbocycles. The molecule has 0 spiro atoms. The van der Waals surface area contributed by atoms with Crippen LogP contribution in [0.2, 0.25) is 0 Å². The second kappa shape index (κ2) is 7.56. The van der Waals surface area contributed by atoms with Crippen molar-refractivity contribution in [1.82, 2.24) is 0 Å². The minimum atomic E-state index is 0.813. The maximum atomic E-state index is 6.28. The van der Waals surface area contributed by atoms with Crippen molar-refractivity contribution in [3.05, 3.63) is 95.0 Å². The first-order valence-electron chi connectivity index (χ1n) is 8.39. The molecule has 0 atom stereocenters. The third-order valence-corrected chi connectivity index (χ3v) is 5.82. The highest BCUT2D eigenvalue weighted by atomic mass is 79.9. The summed E-state index contributed by atoms with van der Waals surface area (Å²) >= 11 is 5.29. The van der Waals surface area contributed by atoms with Crippen molar-refractivity contribution in [3.63, 3.8) is 0 Å². The molecule has 1 nitrogen and oxygen atoms in total. The number of hydrogen-bond acceptors (Lipinski definition) is 2. The van der Waals surface area contributed by atoms with E-state index >= 15 is 0 Å². The van der Waals surface area contributed by atoms with Gasteiger partial charge in [0.2, 0.25) is 0 Å². The van der Waals surface area contributed by atoms with Gasteiger partial charge in [0.05, 0.1) is 9.37 Å². The summed E-state index contributed by atoms with van der Waals surface area (Å²) in [5.74, 6) is 1.68. The zero-order valence-electron chi connectivity index (χ0n) is 14.3. The van der Waals surface area contributed by atoms with Crippen LogP contribution >= 0.6 is 27.7 Å². The molecule has 3 heteroatoms. The molecule has 0 radical (unpaired) electrons. The zero-order valence-corrected chi connectivity index (χ0v) is 16.7. The number of ether oxygens (including phenoxy) is 1. The predicted octanol–water partition coefficient (Wildman–Crippen LogP) is 7.85. The maximum absolute atomic E-state index is 6.28. The van der Waals surface area contributed by atoms with E-state index in [4.69, 9.17) is 4.74 Å². The third kappa shape index (κ3) is 3.79. The Morgan fingerprint density at radius 2 is 1.38 bits per heavy atom. The van der Waals surface area contributed by atoms with Crippen molar-refractivity contribution >= 4 is 38.5 Å². The Morgan fingerprint density at radius 3 is 2.12 bits per heavy atom. The number of halogens is 1. The van der Waals surface area contributed by atoms with Crippen LogP contribution in [0.1, 0.15) is 5.56 Å². The first kappa shape index (κ1) is 17.2. The highest BCUT2D eigenvalue weighted by Gasteiger charge is 2.11. The smallest absolute Gasteiger partial charge is 0.142 e. The van der Waals surface area contributed by atoms with Crippen molar-refractivity contribution in [2.45, 2.75) is 16.7 Å². The van der Waals surface area contributed by atoms with Gasteiger partial charge in [-0.1, -0.05) is 65.9 Å². The number of rotatable bonds is 4. The Labute approximate surface area is 166 Å². The Hall–Kier alpha value is -2.23. The lowest BCUT2D eigenvalue weighted by atomic mass is 10.1. The molecule has 26 heavy (non-hydrogen) atoms. The van der Waals surface area contributed by atoms with Gasteiger partial charge in [-0.25, -0.2) is 0 Å². The lowest BCUT2D eigenvalue weighted by Gasteiger charge is -2.14. The van der Waals surface area contributed by atoms with Crippen LogP contribution in [0, 0.1) is 6.92 Å². The van der Waals surface area contributed by atoms with Gasteiger partial charge in [-0.05, 0) is 70.0 Å². The Bertz CT molecular complexity index is 1060. The lowest BCUT2D eigenvalue weighted by Crippen LogP contribution is -1.89. The molecule has 0 aromatic heterocycles. The van der Waals surface area contributed by atoms with Crippen LogP contribution in [0.15, 0.2) is 99.2 Å². The van der Waals surface area contributed by atoms with Gasteiger partial charge in [0, 0.05) is 4.90 Å². The summed E-state index contributed by atoms with van der Waals surface area (Å²) in [7, 11) is 0. The van der Waals surface area contributed by atoms with E-state index in [-0.39, 0.29) is 0 Å². The van der Waals surface area contributed by atoms with Gasteiger partial charge in [0.15, 0.2) is 0 Å². The minimum Gasteiger partial charge on any atom is -0.455 e. The van der Waals surface area contributed by atoms with Gasteiger partial charge in [-0.15, -0.1) is 0 Å². The second-order valence-electron chi connectivity index (χ2n) is 6.09. The van der Waals surface area contributed by atoms with E-state index in [0.29, 0.717) is 0 Å². The lowest BCUT2D eigenvalue weighted by molar-refractivity contribution is 0.469. The molecular weight excluding hydrogens is 404 g/mol. The molecule has 0 N–H and O–H groups in total. The molecule has 4 rings (SSSR count). The second-order valence-corrected chi connectivity index (χ2v) is 8.06. The van der Waals surface area contributed by atoms with Gasteiger partial charge < -0.3 is 4.74 Å². The predicted molar refractivity (Wildman–Crippen MR) is 113 cm³/mol. The molecule has 0 saturated carbocycles. The van der Waals surface area contributed by atoms with Gasteiger partial charge in [-0.2, -0.15) is 0 Å². The standard InChI is InChI=1S/C23H17BrOS/c1-16-10-12-19(13-11-16)26-23-15-18-7-3-2-6-17(18)14-22(23)25-21-9-5-4-8-20(21)24/h2-15H,1H3. The van der Waals surface area contributed by atoms with Crippen LogP contribution < -0.4 is 4.74 Å². The van der Waals surface area contributed by atoms with Gasteiger partial charge in [-0.3, -0.25) is 0 Å². The van der Waals surface area contributed by atoms with E-state index < -0.39 is 0 Å². The molecule has 0 heterocycles. The summed E-state index contributed by atoms with van der Waals surface area (Å²) in [4.78, 5) is 2.30. The van der Waals surface area contributed by atoms with Crippen molar-refractivity contribution in [3.8, 4) is 11.5 Å². The van der Waals surface area contributed by atoms with Crippen LogP contribution in [-0.2, 0) is 0 Å². The van der Waals surface area contributed by atoms with Gasteiger partial charge >= 0.3 is 0 Å². The summed E-state index contributed by atoms with van der Waals surface area (Å²) in [6.07, 6.45) is 0. The van der Waals surface area contributed by atoms with Crippen molar-refractivity contribution in [2.24, 2.45) is 0 Å². The highest BCUT2D eigenvalue weighted by molar-refractivity contribution is 9.10. The molecule has 0 unspecified atom stereocenters. The van der Waals surface area contributed by atoms with Crippen LogP contribution in [0.5, 0.6) is 11.5 Å². The summed E-state index contributed by atoms with van der Waals surface area (Å²) in [6, 6.07) is 29.2. The van der Waals surface area contributed by atoms with E-state index in [0.717, 1.165) is 20.9 Å². The number of hydrogen-bond donors (Lipinski definition) is 0. The fraction of sp³-hybridized carbons (Fsp3) is 0.0435. The van der Waals surface area contributed by atoms with Crippen molar-refractivity contribution < 1.29 is 4.74 Å². The molecule has 0 amide bonds. The topological polar surface area (TPSA) is 9.23 Å². The Morgan fingerprint density at radius 1 is 0.731 bits per heavy atom. The largest absolute Gasteiger partial charge is 0.455 e. The molecule has 0 saturated heterocycles. The SMILES string of the molecule is Cc1ccc(Sc2cc3ccccc3cc2Oc2ccccc2Br)cc1.